The number of amides is 2. The molecule has 1 saturated heterocycles. The normalized spacial score (nSPS) is 15.4. The molecule has 2 N–H and O–H groups in total. The van der Waals surface area contributed by atoms with Crippen molar-refractivity contribution in [2.75, 3.05) is 13.1 Å². The van der Waals surface area contributed by atoms with E-state index in [1.54, 1.807) is 18.5 Å². The molecule has 1 aliphatic heterocycles. The van der Waals surface area contributed by atoms with Crippen LogP contribution >= 0.6 is 0 Å². The van der Waals surface area contributed by atoms with Crippen molar-refractivity contribution in [3.63, 3.8) is 0 Å². The van der Waals surface area contributed by atoms with Crippen molar-refractivity contribution >= 4 is 22.8 Å². The van der Waals surface area contributed by atoms with Gasteiger partial charge in [-0.3, -0.25) is 9.59 Å². The first-order valence-corrected chi connectivity index (χ1v) is 8.77. The minimum Gasteiger partial charge on any atom is -0.345 e. The first-order chi connectivity index (χ1) is 12.7. The highest BCUT2D eigenvalue weighted by atomic mass is 16.2. The molecular formula is C20H20N4O2. The molecule has 0 saturated carbocycles. The number of imidazole rings is 1. The van der Waals surface area contributed by atoms with Crippen molar-refractivity contribution in [1.29, 1.82) is 0 Å². The smallest absolute Gasteiger partial charge is 0.251 e. The van der Waals surface area contributed by atoms with Crippen LogP contribution in [0.2, 0.25) is 0 Å². The van der Waals surface area contributed by atoms with Crippen LogP contribution in [0.1, 0.15) is 34.8 Å². The Morgan fingerprint density at radius 1 is 1.23 bits per heavy atom. The first kappa shape index (κ1) is 16.3. The van der Waals surface area contributed by atoms with E-state index in [2.05, 4.69) is 15.3 Å². The fraction of sp³-hybridized carbons (Fsp3) is 0.250. The van der Waals surface area contributed by atoms with Crippen molar-refractivity contribution < 1.29 is 9.59 Å². The zero-order valence-corrected chi connectivity index (χ0v) is 14.3. The summed E-state index contributed by atoms with van der Waals surface area (Å²) in [6.07, 6.45) is 3.08. The Hall–Kier alpha value is -3.15. The molecule has 1 aromatic heterocycles. The van der Waals surface area contributed by atoms with Crippen LogP contribution in [0, 0.1) is 0 Å². The number of likely N-dealkylation sites (tertiary alicyclic amines) is 1. The molecule has 132 valence electrons. The van der Waals surface area contributed by atoms with Gasteiger partial charge in [-0.25, -0.2) is 4.98 Å². The fourth-order valence-corrected chi connectivity index (χ4v) is 3.36. The molecule has 0 aliphatic carbocycles. The monoisotopic (exact) mass is 348 g/mol. The maximum Gasteiger partial charge on any atom is 0.251 e. The molecule has 2 aromatic carbocycles. The van der Waals surface area contributed by atoms with Crippen molar-refractivity contribution in [2.24, 2.45) is 0 Å². The molecular weight excluding hydrogens is 328 g/mol. The van der Waals surface area contributed by atoms with Gasteiger partial charge in [-0.2, -0.15) is 0 Å². The van der Waals surface area contributed by atoms with Crippen LogP contribution in [0.15, 0.2) is 54.9 Å². The van der Waals surface area contributed by atoms with E-state index >= 15 is 0 Å². The molecule has 3 aromatic rings. The minimum absolute atomic E-state index is 0.152. The van der Waals surface area contributed by atoms with Gasteiger partial charge < -0.3 is 15.2 Å². The van der Waals surface area contributed by atoms with Gasteiger partial charge in [-0.1, -0.05) is 30.3 Å². The number of benzene rings is 2. The number of hydrogen-bond acceptors (Lipinski definition) is 3. The summed E-state index contributed by atoms with van der Waals surface area (Å²) in [5, 5.41) is 3.09. The lowest BCUT2D eigenvalue weighted by Crippen LogP contribution is -2.38. The third kappa shape index (κ3) is 3.31. The van der Waals surface area contributed by atoms with Gasteiger partial charge in [0.05, 0.1) is 23.4 Å². The molecule has 1 unspecified atom stereocenters. The van der Waals surface area contributed by atoms with Gasteiger partial charge in [-0.15, -0.1) is 0 Å². The van der Waals surface area contributed by atoms with Crippen LogP contribution in [0.4, 0.5) is 0 Å². The molecule has 0 spiro atoms. The molecule has 1 aliphatic rings. The second-order valence-corrected chi connectivity index (χ2v) is 6.51. The number of fused-ring (bicyclic) bond motifs is 1. The fourth-order valence-electron chi connectivity index (χ4n) is 3.36. The number of aromatic amines is 1. The molecule has 1 fully saturated rings. The van der Waals surface area contributed by atoms with Gasteiger partial charge in [-0.05, 0) is 30.2 Å². The van der Waals surface area contributed by atoms with Crippen molar-refractivity contribution in [2.45, 2.75) is 18.9 Å². The number of nitrogens with zero attached hydrogens (tertiary/aromatic N) is 2. The highest BCUT2D eigenvalue weighted by Gasteiger charge is 2.25. The summed E-state index contributed by atoms with van der Waals surface area (Å²) in [5.74, 6) is -0.0129. The highest BCUT2D eigenvalue weighted by molar-refractivity contribution is 5.97. The molecule has 4 rings (SSSR count). The largest absolute Gasteiger partial charge is 0.345 e. The summed E-state index contributed by atoms with van der Waals surface area (Å²) in [7, 11) is 0. The molecule has 1 atom stereocenters. The van der Waals surface area contributed by atoms with Crippen LogP contribution in [-0.2, 0) is 4.79 Å². The number of aromatic nitrogens is 2. The van der Waals surface area contributed by atoms with Crippen LogP contribution in [0.3, 0.4) is 0 Å². The van der Waals surface area contributed by atoms with E-state index in [9.17, 15) is 9.59 Å². The van der Waals surface area contributed by atoms with Crippen molar-refractivity contribution in [3.8, 4) is 0 Å². The predicted molar refractivity (Wildman–Crippen MR) is 98.6 cm³/mol. The lowest BCUT2D eigenvalue weighted by molar-refractivity contribution is -0.128. The van der Waals surface area contributed by atoms with E-state index in [0.717, 1.165) is 29.6 Å². The molecule has 0 bridgehead atoms. The van der Waals surface area contributed by atoms with Gasteiger partial charge in [0, 0.05) is 25.1 Å². The standard InChI is InChI=1S/C20H20N4O2/c25-19-7-4-10-24(19)12-18(14-5-2-1-3-6-14)23-20(26)15-8-9-16-17(11-15)22-13-21-16/h1-3,5-6,8-9,11,13,18H,4,7,10,12H2,(H,21,22)(H,23,26). The molecule has 2 amide bonds. The summed E-state index contributed by atoms with van der Waals surface area (Å²) in [5.41, 5.74) is 3.20. The maximum absolute atomic E-state index is 12.8. The second-order valence-electron chi connectivity index (χ2n) is 6.51. The van der Waals surface area contributed by atoms with Crippen LogP contribution in [0.25, 0.3) is 11.0 Å². The lowest BCUT2D eigenvalue weighted by Gasteiger charge is -2.25. The number of carbonyl (C=O) groups excluding carboxylic acids is 2. The molecule has 0 radical (unpaired) electrons. The Morgan fingerprint density at radius 2 is 2.08 bits per heavy atom. The number of hydrogen-bond donors (Lipinski definition) is 2. The third-order valence-corrected chi connectivity index (χ3v) is 4.76. The van der Waals surface area contributed by atoms with E-state index in [0.29, 0.717) is 18.5 Å². The zero-order valence-electron chi connectivity index (χ0n) is 14.3. The summed E-state index contributed by atoms with van der Waals surface area (Å²) < 4.78 is 0. The average Bonchev–Trinajstić information content (AvgIpc) is 3.30. The van der Waals surface area contributed by atoms with E-state index in [1.807, 2.05) is 41.3 Å². The number of H-pyrrole nitrogens is 1. The number of nitrogens with one attached hydrogen (secondary N) is 2. The van der Waals surface area contributed by atoms with Gasteiger partial charge in [0.25, 0.3) is 5.91 Å². The van der Waals surface area contributed by atoms with Gasteiger partial charge in [0.1, 0.15) is 0 Å². The van der Waals surface area contributed by atoms with Crippen LogP contribution < -0.4 is 5.32 Å². The Balaban J connectivity index is 1.56. The van der Waals surface area contributed by atoms with Gasteiger partial charge >= 0.3 is 0 Å². The van der Waals surface area contributed by atoms with Gasteiger partial charge in [0.2, 0.25) is 5.91 Å². The Bertz CT molecular complexity index is 935. The van der Waals surface area contributed by atoms with Crippen LogP contribution in [-0.4, -0.2) is 39.8 Å². The summed E-state index contributed by atoms with van der Waals surface area (Å²) >= 11 is 0. The number of carbonyl (C=O) groups is 2. The summed E-state index contributed by atoms with van der Waals surface area (Å²) in [6.45, 7) is 1.24. The summed E-state index contributed by atoms with van der Waals surface area (Å²) in [4.78, 5) is 33.8. The van der Waals surface area contributed by atoms with Crippen LogP contribution in [0.5, 0.6) is 0 Å². The highest BCUT2D eigenvalue weighted by Crippen LogP contribution is 2.20. The second kappa shape index (κ2) is 7.00. The Morgan fingerprint density at radius 3 is 2.85 bits per heavy atom. The van der Waals surface area contributed by atoms with E-state index < -0.39 is 0 Å². The zero-order chi connectivity index (χ0) is 17.9. The van der Waals surface area contributed by atoms with Crippen molar-refractivity contribution in [3.05, 3.63) is 66.0 Å². The third-order valence-electron chi connectivity index (χ3n) is 4.76. The molecule has 6 heteroatoms. The van der Waals surface area contributed by atoms with E-state index in [-0.39, 0.29) is 17.9 Å². The topological polar surface area (TPSA) is 78.1 Å². The maximum atomic E-state index is 12.8. The molecule has 26 heavy (non-hydrogen) atoms. The van der Waals surface area contributed by atoms with E-state index in [1.165, 1.54) is 0 Å². The lowest BCUT2D eigenvalue weighted by atomic mass is 10.1. The predicted octanol–water partition coefficient (Wildman–Crippen LogP) is 2.66. The minimum atomic E-state index is -0.247. The Labute approximate surface area is 151 Å². The quantitative estimate of drug-likeness (QED) is 0.744. The molecule has 2 heterocycles. The van der Waals surface area contributed by atoms with Crippen molar-refractivity contribution in [1.82, 2.24) is 20.2 Å². The average molecular weight is 348 g/mol. The SMILES string of the molecule is O=C(NC(CN1CCCC1=O)c1ccccc1)c1ccc2nc[nH]c2c1. The summed E-state index contributed by atoms with van der Waals surface area (Å²) in [6, 6.07) is 14.9. The van der Waals surface area contributed by atoms with Gasteiger partial charge in [0.15, 0.2) is 0 Å². The Kier molecular flexibility index (Phi) is 4.39. The van der Waals surface area contributed by atoms with E-state index in [4.69, 9.17) is 0 Å². The first-order valence-electron chi connectivity index (χ1n) is 8.77. The molecule has 6 nitrogen and oxygen atoms in total. The number of rotatable bonds is 5.